The van der Waals surface area contributed by atoms with Gasteiger partial charge in [-0.25, -0.2) is 0 Å². The Kier molecular flexibility index (Phi) is 4.52. The summed E-state index contributed by atoms with van der Waals surface area (Å²) < 4.78 is 5.38. The van der Waals surface area contributed by atoms with Crippen LogP contribution in [0.1, 0.15) is 51.3 Å². The van der Waals surface area contributed by atoms with Crippen molar-refractivity contribution < 1.29 is 9.53 Å². The van der Waals surface area contributed by atoms with Crippen molar-refractivity contribution in [3.63, 3.8) is 0 Å². The van der Waals surface area contributed by atoms with E-state index in [9.17, 15) is 4.79 Å². The Balaban J connectivity index is 3.14. The number of carbonyl (C=O) groups is 1. The summed E-state index contributed by atoms with van der Waals surface area (Å²) in [5.41, 5.74) is 8.12. The van der Waals surface area contributed by atoms with E-state index in [0.29, 0.717) is 6.42 Å². The van der Waals surface area contributed by atoms with E-state index in [2.05, 4.69) is 20.8 Å². The third-order valence-corrected chi connectivity index (χ3v) is 2.97. The van der Waals surface area contributed by atoms with Crippen LogP contribution < -0.4 is 10.5 Å². The molecule has 0 bridgehead atoms. The molecule has 0 fully saturated rings. The van der Waals surface area contributed by atoms with Crippen LogP contribution in [0.15, 0.2) is 18.2 Å². The van der Waals surface area contributed by atoms with Gasteiger partial charge in [0, 0.05) is 12.5 Å². The summed E-state index contributed by atoms with van der Waals surface area (Å²) in [6.07, 6.45) is 0.371. The fourth-order valence-corrected chi connectivity index (χ4v) is 1.97. The summed E-state index contributed by atoms with van der Waals surface area (Å²) in [7, 11) is 1.67. The minimum absolute atomic E-state index is 0.0166. The van der Waals surface area contributed by atoms with Gasteiger partial charge < -0.3 is 10.5 Å². The van der Waals surface area contributed by atoms with Crippen LogP contribution in [0.4, 0.5) is 0 Å². The zero-order chi connectivity index (χ0) is 13.9. The van der Waals surface area contributed by atoms with Crippen LogP contribution in [-0.4, -0.2) is 12.9 Å². The van der Waals surface area contributed by atoms with Gasteiger partial charge in [0.25, 0.3) is 0 Å². The molecule has 2 N–H and O–H groups in total. The standard InChI is InChI=1S/C15H23NO2/c1-10(17)8-13(16)11-6-7-14(18-5)12(9-11)15(2,3)4/h6-7,9,13H,8,16H2,1-5H3. The van der Waals surface area contributed by atoms with Crippen LogP contribution in [0.5, 0.6) is 5.75 Å². The molecule has 0 heterocycles. The number of rotatable bonds is 4. The van der Waals surface area contributed by atoms with E-state index in [1.54, 1.807) is 14.0 Å². The van der Waals surface area contributed by atoms with E-state index in [1.807, 2.05) is 18.2 Å². The summed E-state index contributed by atoms with van der Waals surface area (Å²) in [6.45, 7) is 7.95. The molecule has 0 saturated carbocycles. The van der Waals surface area contributed by atoms with Gasteiger partial charge in [-0.2, -0.15) is 0 Å². The average molecular weight is 249 g/mol. The molecule has 1 aromatic carbocycles. The number of Topliss-reactive ketones (excluding diaryl/α,β-unsaturated/α-hetero) is 1. The predicted octanol–water partition coefficient (Wildman–Crippen LogP) is 2.97. The van der Waals surface area contributed by atoms with Crippen LogP contribution in [0.25, 0.3) is 0 Å². The molecule has 1 rings (SSSR count). The maximum Gasteiger partial charge on any atom is 0.131 e. The molecule has 100 valence electrons. The molecule has 1 unspecified atom stereocenters. The van der Waals surface area contributed by atoms with E-state index in [4.69, 9.17) is 10.5 Å². The van der Waals surface area contributed by atoms with Crippen molar-refractivity contribution in [2.24, 2.45) is 5.73 Å². The maximum atomic E-state index is 11.1. The highest BCUT2D eigenvalue weighted by molar-refractivity contribution is 5.76. The number of carbonyl (C=O) groups excluding carboxylic acids is 1. The number of nitrogens with two attached hydrogens (primary N) is 1. The fourth-order valence-electron chi connectivity index (χ4n) is 1.97. The fraction of sp³-hybridized carbons (Fsp3) is 0.533. The molecule has 3 heteroatoms. The van der Waals surface area contributed by atoms with Gasteiger partial charge >= 0.3 is 0 Å². The largest absolute Gasteiger partial charge is 0.496 e. The Morgan fingerprint density at radius 3 is 2.44 bits per heavy atom. The normalized spacial score (nSPS) is 13.2. The Bertz CT molecular complexity index is 433. The molecule has 0 aliphatic rings. The Morgan fingerprint density at radius 2 is 2.00 bits per heavy atom. The summed E-state index contributed by atoms with van der Waals surface area (Å²) >= 11 is 0. The van der Waals surface area contributed by atoms with Gasteiger partial charge in [0.05, 0.1) is 7.11 Å². The third kappa shape index (κ3) is 3.57. The molecule has 0 amide bonds. The molecule has 0 radical (unpaired) electrons. The first-order chi connectivity index (χ1) is 8.25. The first-order valence-corrected chi connectivity index (χ1v) is 6.19. The maximum absolute atomic E-state index is 11.1. The van der Waals surface area contributed by atoms with Crippen LogP contribution in [0, 0.1) is 0 Å². The molecule has 18 heavy (non-hydrogen) atoms. The highest BCUT2D eigenvalue weighted by Crippen LogP contribution is 2.33. The van der Waals surface area contributed by atoms with Gasteiger partial charge in [0.1, 0.15) is 11.5 Å². The molecular formula is C15H23NO2. The zero-order valence-electron chi connectivity index (χ0n) is 11.9. The number of hydrogen-bond donors (Lipinski definition) is 1. The first kappa shape index (κ1) is 14.7. The summed E-state index contributed by atoms with van der Waals surface area (Å²) in [6, 6.07) is 5.67. The van der Waals surface area contributed by atoms with Crippen molar-refractivity contribution in [2.75, 3.05) is 7.11 Å². The number of methoxy groups -OCH3 is 1. The number of hydrogen-bond acceptors (Lipinski definition) is 3. The molecule has 1 aromatic rings. The Hall–Kier alpha value is -1.35. The lowest BCUT2D eigenvalue weighted by Crippen LogP contribution is -2.17. The molecule has 0 saturated heterocycles. The van der Waals surface area contributed by atoms with E-state index in [1.165, 1.54) is 0 Å². The summed E-state index contributed by atoms with van der Waals surface area (Å²) in [5, 5.41) is 0. The molecular weight excluding hydrogens is 226 g/mol. The lowest BCUT2D eigenvalue weighted by Gasteiger charge is -2.24. The Labute approximate surface area is 109 Å². The van der Waals surface area contributed by atoms with E-state index < -0.39 is 0 Å². The number of ketones is 1. The third-order valence-electron chi connectivity index (χ3n) is 2.97. The van der Waals surface area contributed by atoms with Gasteiger partial charge in [0.15, 0.2) is 0 Å². The zero-order valence-corrected chi connectivity index (χ0v) is 11.9. The highest BCUT2D eigenvalue weighted by Gasteiger charge is 2.20. The second-order valence-electron chi connectivity index (χ2n) is 5.72. The molecule has 0 aliphatic carbocycles. The van der Waals surface area contributed by atoms with E-state index in [0.717, 1.165) is 16.9 Å². The minimum Gasteiger partial charge on any atom is -0.496 e. The topological polar surface area (TPSA) is 52.3 Å². The van der Waals surface area contributed by atoms with Crippen molar-refractivity contribution in [3.8, 4) is 5.75 Å². The first-order valence-electron chi connectivity index (χ1n) is 6.19. The Morgan fingerprint density at radius 1 is 1.39 bits per heavy atom. The molecule has 0 aromatic heterocycles. The van der Waals surface area contributed by atoms with Gasteiger partial charge in [-0.15, -0.1) is 0 Å². The minimum atomic E-state index is -0.241. The average Bonchev–Trinajstić information content (AvgIpc) is 2.26. The molecule has 0 aliphatic heterocycles. The van der Waals surface area contributed by atoms with Gasteiger partial charge in [0.2, 0.25) is 0 Å². The van der Waals surface area contributed by atoms with Crippen LogP contribution in [0.3, 0.4) is 0 Å². The van der Waals surface area contributed by atoms with Crippen molar-refractivity contribution in [2.45, 2.75) is 45.6 Å². The lowest BCUT2D eigenvalue weighted by atomic mass is 9.84. The van der Waals surface area contributed by atoms with E-state index in [-0.39, 0.29) is 17.2 Å². The SMILES string of the molecule is COc1ccc(C(N)CC(C)=O)cc1C(C)(C)C. The summed E-state index contributed by atoms with van der Waals surface area (Å²) in [4.78, 5) is 11.1. The molecule has 0 spiro atoms. The highest BCUT2D eigenvalue weighted by atomic mass is 16.5. The van der Waals surface area contributed by atoms with Crippen molar-refractivity contribution in [3.05, 3.63) is 29.3 Å². The molecule has 1 atom stereocenters. The number of ether oxygens (including phenoxy) is 1. The van der Waals surface area contributed by atoms with E-state index >= 15 is 0 Å². The smallest absolute Gasteiger partial charge is 0.131 e. The lowest BCUT2D eigenvalue weighted by molar-refractivity contribution is -0.117. The second kappa shape index (κ2) is 5.53. The van der Waals surface area contributed by atoms with Gasteiger partial charge in [-0.3, -0.25) is 4.79 Å². The number of benzene rings is 1. The second-order valence-corrected chi connectivity index (χ2v) is 5.72. The predicted molar refractivity (Wildman–Crippen MR) is 73.9 cm³/mol. The monoisotopic (exact) mass is 249 g/mol. The van der Waals surface area contributed by atoms with Crippen LogP contribution in [-0.2, 0) is 10.2 Å². The molecule has 3 nitrogen and oxygen atoms in total. The van der Waals surface area contributed by atoms with Crippen molar-refractivity contribution >= 4 is 5.78 Å². The van der Waals surface area contributed by atoms with Gasteiger partial charge in [-0.1, -0.05) is 32.9 Å². The van der Waals surface area contributed by atoms with Crippen molar-refractivity contribution in [1.82, 2.24) is 0 Å². The summed E-state index contributed by atoms with van der Waals surface area (Å²) in [5.74, 6) is 0.969. The van der Waals surface area contributed by atoms with Crippen LogP contribution >= 0.6 is 0 Å². The van der Waals surface area contributed by atoms with Crippen LogP contribution in [0.2, 0.25) is 0 Å². The van der Waals surface area contributed by atoms with Gasteiger partial charge in [-0.05, 0) is 29.5 Å². The van der Waals surface area contributed by atoms with Crippen molar-refractivity contribution in [1.29, 1.82) is 0 Å². The quantitative estimate of drug-likeness (QED) is 0.892.